The summed E-state index contributed by atoms with van der Waals surface area (Å²) >= 11 is 0. The normalized spacial score (nSPS) is 10.9. The maximum atomic E-state index is 10.0. The molecule has 0 saturated carbocycles. The molecule has 0 saturated heterocycles. The zero-order valence-electron chi connectivity index (χ0n) is 9.81. The number of aryl methyl sites for hydroxylation is 1. The molecule has 4 N–H and O–H groups in total. The summed E-state index contributed by atoms with van der Waals surface area (Å²) in [6.45, 7) is 1.84. The minimum Gasteiger partial charge on any atom is -0.494 e. The van der Waals surface area contributed by atoms with Crippen LogP contribution in [0.5, 0.6) is 5.88 Å². The van der Waals surface area contributed by atoms with Gasteiger partial charge in [0.05, 0.1) is 11.3 Å². The molecule has 0 fully saturated rings. The van der Waals surface area contributed by atoms with Crippen LogP contribution in [-0.2, 0) is 0 Å². The highest BCUT2D eigenvalue weighted by atomic mass is 16.3. The number of hydrogen-bond acceptors (Lipinski definition) is 4. The molecule has 90 valence electrons. The van der Waals surface area contributed by atoms with Gasteiger partial charge in [-0.15, -0.1) is 0 Å². The van der Waals surface area contributed by atoms with E-state index >= 15 is 0 Å². The molecule has 18 heavy (non-hydrogen) atoms. The number of aromatic hydroxyl groups is 1. The average molecular weight is 240 g/mol. The van der Waals surface area contributed by atoms with E-state index in [1.807, 2.05) is 31.2 Å². The van der Waals surface area contributed by atoms with Crippen LogP contribution >= 0.6 is 0 Å². The summed E-state index contributed by atoms with van der Waals surface area (Å²) in [5, 5.41) is 10.9. The van der Waals surface area contributed by atoms with Crippen molar-refractivity contribution in [2.75, 3.05) is 5.73 Å². The second kappa shape index (κ2) is 3.73. The maximum absolute atomic E-state index is 10.0. The summed E-state index contributed by atoms with van der Waals surface area (Å²) in [5.74, 6) is 0.295. The highest BCUT2D eigenvalue weighted by molar-refractivity contribution is 5.98. The first-order valence-corrected chi connectivity index (χ1v) is 5.56. The largest absolute Gasteiger partial charge is 0.494 e. The van der Waals surface area contributed by atoms with Gasteiger partial charge in [-0.25, -0.2) is 9.97 Å². The number of anilines is 1. The van der Waals surface area contributed by atoms with Crippen LogP contribution in [0, 0.1) is 6.92 Å². The van der Waals surface area contributed by atoms with Gasteiger partial charge in [-0.2, -0.15) is 0 Å². The van der Waals surface area contributed by atoms with Crippen LogP contribution in [0.1, 0.15) is 5.69 Å². The van der Waals surface area contributed by atoms with E-state index < -0.39 is 0 Å². The standard InChI is InChI=1S/C13H12N4O/c1-7-6-10(17-13(14)15-7)11-8-4-2-3-5-9(8)16-12(11)18/h2-6,16,18H,1H3,(H2,14,15,17). The number of rotatable bonds is 1. The second-order valence-electron chi connectivity index (χ2n) is 4.15. The predicted molar refractivity (Wildman–Crippen MR) is 70.1 cm³/mol. The number of nitrogens with two attached hydrogens (primary N) is 1. The third kappa shape index (κ3) is 1.57. The predicted octanol–water partition coefficient (Wildman–Crippen LogP) is 2.22. The number of aromatic amines is 1. The van der Waals surface area contributed by atoms with E-state index in [0.717, 1.165) is 16.6 Å². The van der Waals surface area contributed by atoms with Crippen LogP contribution in [0.2, 0.25) is 0 Å². The lowest BCUT2D eigenvalue weighted by molar-refractivity contribution is 0.460. The molecule has 0 radical (unpaired) electrons. The zero-order valence-corrected chi connectivity index (χ0v) is 9.81. The van der Waals surface area contributed by atoms with Gasteiger partial charge < -0.3 is 15.8 Å². The van der Waals surface area contributed by atoms with Crippen LogP contribution in [0.4, 0.5) is 5.95 Å². The van der Waals surface area contributed by atoms with Crippen molar-refractivity contribution in [3.05, 3.63) is 36.0 Å². The SMILES string of the molecule is Cc1cc(-c2c(O)[nH]c3ccccc23)nc(N)n1. The lowest BCUT2D eigenvalue weighted by Gasteiger charge is -2.02. The number of nitrogen functional groups attached to an aromatic ring is 1. The molecule has 3 rings (SSSR count). The monoisotopic (exact) mass is 240 g/mol. The molecule has 0 unspecified atom stereocenters. The summed E-state index contributed by atoms with van der Waals surface area (Å²) < 4.78 is 0. The van der Waals surface area contributed by atoms with E-state index in [0.29, 0.717) is 11.3 Å². The highest BCUT2D eigenvalue weighted by Gasteiger charge is 2.14. The number of hydrogen-bond donors (Lipinski definition) is 3. The second-order valence-corrected chi connectivity index (χ2v) is 4.15. The summed E-state index contributed by atoms with van der Waals surface area (Å²) in [5.41, 5.74) is 8.55. The number of aromatic nitrogens is 3. The molecule has 1 aromatic carbocycles. The van der Waals surface area contributed by atoms with Gasteiger partial charge in [-0.3, -0.25) is 0 Å². The topological polar surface area (TPSA) is 87.8 Å². The van der Waals surface area contributed by atoms with Crippen LogP contribution in [-0.4, -0.2) is 20.1 Å². The maximum Gasteiger partial charge on any atom is 0.220 e. The first-order valence-electron chi connectivity index (χ1n) is 5.56. The molecular weight excluding hydrogens is 228 g/mol. The molecule has 0 amide bonds. The van der Waals surface area contributed by atoms with Crippen molar-refractivity contribution in [3.63, 3.8) is 0 Å². The van der Waals surface area contributed by atoms with Gasteiger partial charge in [0.25, 0.3) is 0 Å². The summed E-state index contributed by atoms with van der Waals surface area (Å²) in [7, 11) is 0. The molecule has 0 aliphatic rings. The Balaban J connectivity index is 2.34. The minimum absolute atomic E-state index is 0.0914. The van der Waals surface area contributed by atoms with Gasteiger partial charge in [0.1, 0.15) is 0 Å². The first kappa shape index (κ1) is 10.6. The van der Waals surface area contributed by atoms with E-state index in [2.05, 4.69) is 15.0 Å². The number of para-hydroxylation sites is 1. The molecule has 2 aromatic heterocycles. The van der Waals surface area contributed by atoms with Crippen molar-refractivity contribution in [1.82, 2.24) is 15.0 Å². The highest BCUT2D eigenvalue weighted by Crippen LogP contribution is 2.35. The third-order valence-electron chi connectivity index (χ3n) is 2.81. The Kier molecular flexibility index (Phi) is 2.19. The summed E-state index contributed by atoms with van der Waals surface area (Å²) in [4.78, 5) is 11.1. The van der Waals surface area contributed by atoms with Gasteiger partial charge in [0.15, 0.2) is 5.88 Å². The van der Waals surface area contributed by atoms with Gasteiger partial charge in [0.2, 0.25) is 5.95 Å². The number of H-pyrrole nitrogens is 1. The Morgan fingerprint density at radius 1 is 1.22 bits per heavy atom. The molecule has 0 aliphatic heterocycles. The minimum atomic E-state index is 0.0914. The Morgan fingerprint density at radius 2 is 2.00 bits per heavy atom. The van der Waals surface area contributed by atoms with Crippen molar-refractivity contribution < 1.29 is 5.11 Å². The van der Waals surface area contributed by atoms with Crippen molar-refractivity contribution in [3.8, 4) is 17.1 Å². The molecule has 0 atom stereocenters. The van der Waals surface area contributed by atoms with E-state index in [1.165, 1.54) is 0 Å². The van der Waals surface area contributed by atoms with Crippen LogP contribution < -0.4 is 5.73 Å². The van der Waals surface area contributed by atoms with Crippen LogP contribution in [0.25, 0.3) is 22.2 Å². The molecule has 2 heterocycles. The van der Waals surface area contributed by atoms with E-state index in [4.69, 9.17) is 5.73 Å². The van der Waals surface area contributed by atoms with E-state index in [-0.39, 0.29) is 11.8 Å². The summed E-state index contributed by atoms with van der Waals surface area (Å²) in [6, 6.07) is 9.44. The Morgan fingerprint density at radius 3 is 2.78 bits per heavy atom. The Labute approximate surface area is 103 Å². The van der Waals surface area contributed by atoms with Gasteiger partial charge in [0, 0.05) is 16.6 Å². The Hall–Kier alpha value is -2.56. The average Bonchev–Trinajstić information content (AvgIpc) is 2.63. The van der Waals surface area contributed by atoms with E-state index in [1.54, 1.807) is 6.07 Å². The van der Waals surface area contributed by atoms with Crippen molar-refractivity contribution in [2.24, 2.45) is 0 Å². The van der Waals surface area contributed by atoms with Crippen molar-refractivity contribution in [2.45, 2.75) is 6.92 Å². The smallest absolute Gasteiger partial charge is 0.220 e. The van der Waals surface area contributed by atoms with Crippen LogP contribution in [0.15, 0.2) is 30.3 Å². The number of benzene rings is 1. The molecule has 0 bridgehead atoms. The fourth-order valence-electron chi connectivity index (χ4n) is 2.11. The lowest BCUT2D eigenvalue weighted by Crippen LogP contribution is -1.98. The fourth-order valence-corrected chi connectivity index (χ4v) is 2.11. The number of nitrogens with one attached hydrogen (secondary N) is 1. The lowest BCUT2D eigenvalue weighted by atomic mass is 10.1. The molecule has 0 aliphatic carbocycles. The van der Waals surface area contributed by atoms with Gasteiger partial charge in [-0.05, 0) is 19.1 Å². The van der Waals surface area contributed by atoms with Crippen molar-refractivity contribution in [1.29, 1.82) is 0 Å². The van der Waals surface area contributed by atoms with Crippen LogP contribution in [0.3, 0.4) is 0 Å². The van der Waals surface area contributed by atoms with E-state index in [9.17, 15) is 5.11 Å². The zero-order chi connectivity index (χ0) is 12.7. The Bertz CT molecular complexity index is 713. The van der Waals surface area contributed by atoms with Gasteiger partial charge in [-0.1, -0.05) is 18.2 Å². The number of nitrogens with zero attached hydrogens (tertiary/aromatic N) is 2. The van der Waals surface area contributed by atoms with Crippen molar-refractivity contribution >= 4 is 16.9 Å². The molecule has 0 spiro atoms. The molecule has 5 heteroatoms. The quantitative estimate of drug-likeness (QED) is 0.608. The molecule has 3 aromatic rings. The summed E-state index contributed by atoms with van der Waals surface area (Å²) in [6.07, 6.45) is 0. The van der Waals surface area contributed by atoms with Gasteiger partial charge >= 0.3 is 0 Å². The fraction of sp³-hybridized carbons (Fsp3) is 0.0769. The molecular formula is C13H12N4O. The molecule has 5 nitrogen and oxygen atoms in total. The third-order valence-corrected chi connectivity index (χ3v) is 2.81. The first-order chi connectivity index (χ1) is 8.65. The number of fused-ring (bicyclic) bond motifs is 1.